The molecule has 0 amide bonds. The van der Waals surface area contributed by atoms with Gasteiger partial charge in [-0.1, -0.05) is 12.0 Å². The number of rotatable bonds is 4. The van der Waals surface area contributed by atoms with Crippen LogP contribution in [0.25, 0.3) is 0 Å². The summed E-state index contributed by atoms with van der Waals surface area (Å²) in [6.45, 7) is 3.58. The van der Waals surface area contributed by atoms with E-state index < -0.39 is 5.97 Å². The second-order valence-electron chi connectivity index (χ2n) is 2.35. The first-order chi connectivity index (χ1) is 6.24. The van der Waals surface area contributed by atoms with Crippen molar-refractivity contribution in [2.75, 3.05) is 14.2 Å². The molecule has 0 bridgehead atoms. The van der Waals surface area contributed by atoms with Gasteiger partial charge in [-0.2, -0.15) is 0 Å². The molecule has 0 fully saturated rings. The maximum Gasteiger partial charge on any atom is 0.384 e. The normalized spacial score (nSPS) is 10.9. The number of methoxy groups -OCH3 is 2. The second-order valence-corrected chi connectivity index (χ2v) is 2.35. The van der Waals surface area contributed by atoms with Crippen molar-refractivity contribution in [2.24, 2.45) is 0 Å². The third-order valence-electron chi connectivity index (χ3n) is 1.44. The summed E-state index contributed by atoms with van der Waals surface area (Å²) in [4.78, 5) is 10.6. The molecule has 0 saturated heterocycles. The maximum absolute atomic E-state index is 10.6. The average molecular weight is 182 g/mol. The van der Waals surface area contributed by atoms with Crippen LogP contribution >= 0.6 is 0 Å². The Hall–Kier alpha value is -1.27. The molecule has 0 aromatic heterocycles. The van der Waals surface area contributed by atoms with Crippen LogP contribution in [0.2, 0.25) is 0 Å². The highest BCUT2D eigenvalue weighted by atomic mass is 16.5. The fourth-order valence-electron chi connectivity index (χ4n) is 0.709. The topological polar surface area (TPSA) is 35.5 Å². The summed E-state index contributed by atoms with van der Waals surface area (Å²) in [5, 5.41) is 0. The molecule has 72 valence electrons. The fraction of sp³-hybridized carbons (Fsp3) is 0.500. The molecule has 0 aromatic carbocycles. The molecule has 0 saturated carbocycles. The molecule has 0 radical (unpaired) electrons. The second kappa shape index (κ2) is 7.38. The van der Waals surface area contributed by atoms with Crippen LogP contribution in [0.15, 0.2) is 12.7 Å². The largest absolute Gasteiger partial charge is 0.459 e. The predicted molar refractivity (Wildman–Crippen MR) is 50.0 cm³/mol. The van der Waals surface area contributed by atoms with Gasteiger partial charge in [-0.05, 0) is 12.8 Å². The molecule has 0 aliphatic carbocycles. The quantitative estimate of drug-likeness (QED) is 0.283. The summed E-state index contributed by atoms with van der Waals surface area (Å²) in [7, 11) is 2.85. The smallest absolute Gasteiger partial charge is 0.384 e. The van der Waals surface area contributed by atoms with Crippen LogP contribution in [0.3, 0.4) is 0 Å². The van der Waals surface area contributed by atoms with E-state index in [1.165, 1.54) is 7.11 Å². The van der Waals surface area contributed by atoms with Crippen LogP contribution in [0.4, 0.5) is 0 Å². The summed E-state index contributed by atoms with van der Waals surface area (Å²) in [6, 6.07) is 0. The van der Waals surface area contributed by atoms with E-state index in [0.717, 1.165) is 12.8 Å². The third-order valence-corrected chi connectivity index (χ3v) is 1.44. The average Bonchev–Trinajstić information content (AvgIpc) is 2.17. The van der Waals surface area contributed by atoms with E-state index in [9.17, 15) is 4.79 Å². The first kappa shape index (κ1) is 11.7. The number of carbonyl (C=O) groups excluding carboxylic acids is 1. The first-order valence-corrected chi connectivity index (χ1v) is 3.97. The zero-order chi connectivity index (χ0) is 10.1. The number of hydrogen-bond acceptors (Lipinski definition) is 3. The Morgan fingerprint density at radius 2 is 2.31 bits per heavy atom. The molecule has 0 aliphatic rings. The van der Waals surface area contributed by atoms with E-state index in [-0.39, 0.29) is 6.10 Å². The monoisotopic (exact) mass is 182 g/mol. The van der Waals surface area contributed by atoms with Crippen molar-refractivity contribution in [1.82, 2.24) is 0 Å². The molecule has 3 nitrogen and oxygen atoms in total. The van der Waals surface area contributed by atoms with Crippen molar-refractivity contribution >= 4 is 5.97 Å². The van der Waals surface area contributed by atoms with Crippen molar-refractivity contribution in [3.8, 4) is 11.8 Å². The summed E-state index contributed by atoms with van der Waals surface area (Å²) in [6.07, 6.45) is 3.11. The Balaban J connectivity index is 3.99. The molecule has 3 heteroatoms. The van der Waals surface area contributed by atoms with Crippen molar-refractivity contribution in [2.45, 2.75) is 18.9 Å². The number of carbonyl (C=O) groups is 1. The lowest BCUT2D eigenvalue weighted by atomic mass is 10.2. The summed E-state index contributed by atoms with van der Waals surface area (Å²) in [5.74, 6) is 4.44. The van der Waals surface area contributed by atoms with Crippen molar-refractivity contribution in [3.05, 3.63) is 12.7 Å². The van der Waals surface area contributed by atoms with Gasteiger partial charge < -0.3 is 9.47 Å². The van der Waals surface area contributed by atoms with E-state index in [2.05, 4.69) is 23.2 Å². The SMILES string of the molecule is C=CCC[C@@H](C#CC(=O)OC)OC. The highest BCUT2D eigenvalue weighted by molar-refractivity contribution is 5.88. The zero-order valence-electron chi connectivity index (χ0n) is 8.00. The van der Waals surface area contributed by atoms with Gasteiger partial charge in [0.1, 0.15) is 6.10 Å². The van der Waals surface area contributed by atoms with Crippen LogP contribution in [0.5, 0.6) is 0 Å². The molecule has 0 N–H and O–H groups in total. The minimum atomic E-state index is -0.541. The highest BCUT2D eigenvalue weighted by Crippen LogP contribution is 1.99. The molecule has 1 atom stereocenters. The lowest BCUT2D eigenvalue weighted by Gasteiger charge is -2.05. The van der Waals surface area contributed by atoms with Gasteiger partial charge in [-0.15, -0.1) is 6.58 Å². The predicted octanol–water partition coefficient (Wildman–Crippen LogP) is 1.14. The number of allylic oxidation sites excluding steroid dienone is 1. The Kier molecular flexibility index (Phi) is 6.66. The molecule has 0 spiro atoms. The van der Waals surface area contributed by atoms with Crippen LogP contribution in [0, 0.1) is 11.8 Å². The lowest BCUT2D eigenvalue weighted by molar-refractivity contribution is -0.133. The Labute approximate surface area is 78.7 Å². The van der Waals surface area contributed by atoms with Gasteiger partial charge >= 0.3 is 5.97 Å². The van der Waals surface area contributed by atoms with Gasteiger partial charge in [0.05, 0.1) is 7.11 Å². The maximum atomic E-state index is 10.6. The Morgan fingerprint density at radius 1 is 1.62 bits per heavy atom. The number of ether oxygens (including phenoxy) is 2. The molecule has 0 rings (SSSR count). The van der Waals surface area contributed by atoms with Gasteiger partial charge in [0.2, 0.25) is 0 Å². The van der Waals surface area contributed by atoms with E-state index in [1.54, 1.807) is 13.2 Å². The molecule has 0 aliphatic heterocycles. The van der Waals surface area contributed by atoms with Gasteiger partial charge in [0.15, 0.2) is 0 Å². The lowest BCUT2D eigenvalue weighted by Crippen LogP contribution is -2.08. The minimum absolute atomic E-state index is 0.225. The molecular weight excluding hydrogens is 168 g/mol. The summed E-state index contributed by atoms with van der Waals surface area (Å²) >= 11 is 0. The number of esters is 1. The van der Waals surface area contributed by atoms with E-state index >= 15 is 0 Å². The zero-order valence-corrected chi connectivity index (χ0v) is 8.00. The van der Waals surface area contributed by atoms with Gasteiger partial charge in [0, 0.05) is 13.0 Å². The Morgan fingerprint density at radius 3 is 2.77 bits per heavy atom. The summed E-state index contributed by atoms with van der Waals surface area (Å²) < 4.78 is 9.38. The third kappa shape index (κ3) is 5.94. The molecule has 13 heavy (non-hydrogen) atoms. The van der Waals surface area contributed by atoms with Crippen molar-refractivity contribution in [3.63, 3.8) is 0 Å². The molecule has 0 aromatic rings. The van der Waals surface area contributed by atoms with Crippen molar-refractivity contribution in [1.29, 1.82) is 0 Å². The van der Waals surface area contributed by atoms with Crippen LogP contribution in [-0.4, -0.2) is 26.3 Å². The van der Waals surface area contributed by atoms with E-state index in [1.807, 2.05) is 0 Å². The Bertz CT molecular complexity index is 222. The number of hydrogen-bond donors (Lipinski definition) is 0. The summed E-state index contributed by atoms with van der Waals surface area (Å²) in [5.41, 5.74) is 0. The van der Waals surface area contributed by atoms with E-state index in [0.29, 0.717) is 0 Å². The van der Waals surface area contributed by atoms with Crippen molar-refractivity contribution < 1.29 is 14.3 Å². The first-order valence-electron chi connectivity index (χ1n) is 3.97. The highest BCUT2D eigenvalue weighted by Gasteiger charge is 2.01. The van der Waals surface area contributed by atoms with E-state index in [4.69, 9.17) is 4.74 Å². The van der Waals surface area contributed by atoms with Crippen LogP contribution in [0.1, 0.15) is 12.8 Å². The molecular formula is C10H14O3. The molecule has 0 heterocycles. The van der Waals surface area contributed by atoms with Crippen LogP contribution < -0.4 is 0 Å². The van der Waals surface area contributed by atoms with Gasteiger partial charge in [-0.25, -0.2) is 4.79 Å². The standard InChI is InChI=1S/C10H14O3/c1-4-5-6-9(12-2)7-8-10(11)13-3/h4,9H,1,5-6H2,2-3H3/t9-/m0/s1. The van der Waals surface area contributed by atoms with Gasteiger partial charge in [0.25, 0.3) is 0 Å². The van der Waals surface area contributed by atoms with Crippen LogP contribution in [-0.2, 0) is 14.3 Å². The van der Waals surface area contributed by atoms with Gasteiger partial charge in [-0.3, -0.25) is 0 Å². The molecule has 0 unspecified atom stereocenters. The minimum Gasteiger partial charge on any atom is -0.459 e. The fourth-order valence-corrected chi connectivity index (χ4v) is 0.709.